The Morgan fingerprint density at radius 1 is 1.14 bits per heavy atom. The summed E-state index contributed by atoms with van der Waals surface area (Å²) in [5, 5.41) is 0. The van der Waals surface area contributed by atoms with E-state index in [-0.39, 0.29) is 11.6 Å². The van der Waals surface area contributed by atoms with Crippen molar-refractivity contribution >= 4 is 11.7 Å². The first-order valence-electron chi connectivity index (χ1n) is 11.7. The summed E-state index contributed by atoms with van der Waals surface area (Å²) in [7, 11) is 0. The van der Waals surface area contributed by atoms with Crippen LogP contribution in [0.2, 0.25) is 0 Å². The Morgan fingerprint density at radius 2 is 1.93 bits per heavy atom. The molecule has 0 amide bonds. The second-order valence-electron chi connectivity index (χ2n) is 9.23. The fourth-order valence-electron chi connectivity index (χ4n) is 5.12. The summed E-state index contributed by atoms with van der Waals surface area (Å²) in [6.45, 7) is 7.80. The van der Waals surface area contributed by atoms with E-state index in [1.807, 2.05) is 0 Å². The average Bonchev–Trinajstić information content (AvgIpc) is 3.22. The predicted molar refractivity (Wildman–Crippen MR) is 117 cm³/mol. The zero-order chi connectivity index (χ0) is 20.2. The number of anilines is 1. The maximum Gasteiger partial charge on any atom is 0.256 e. The molecule has 1 N–H and O–H groups in total. The maximum atomic E-state index is 13.0. The van der Waals surface area contributed by atoms with Crippen molar-refractivity contribution in [1.82, 2.24) is 9.97 Å². The molecule has 0 spiro atoms. The monoisotopic (exact) mass is 400 g/mol. The molecule has 1 saturated heterocycles. The number of fused-ring (bicyclic) bond motifs is 1. The van der Waals surface area contributed by atoms with Gasteiger partial charge in [-0.1, -0.05) is 32.6 Å². The first-order chi connectivity index (χ1) is 14.1. The molecule has 2 atom stereocenters. The molecule has 6 heteroatoms. The number of aromatic amines is 1. The Kier molecular flexibility index (Phi) is 6.68. The van der Waals surface area contributed by atoms with Gasteiger partial charge in [0.1, 0.15) is 0 Å². The van der Waals surface area contributed by atoms with Gasteiger partial charge < -0.3 is 9.64 Å². The highest BCUT2D eigenvalue weighted by Crippen LogP contribution is 2.27. The van der Waals surface area contributed by atoms with Gasteiger partial charge in [0.25, 0.3) is 5.56 Å². The van der Waals surface area contributed by atoms with Crippen molar-refractivity contribution < 1.29 is 4.74 Å². The molecule has 29 heavy (non-hydrogen) atoms. The Morgan fingerprint density at radius 3 is 2.66 bits per heavy atom. The van der Waals surface area contributed by atoms with Gasteiger partial charge in [0.15, 0.2) is 0 Å². The number of nitrogens with one attached hydrogen (secondary N) is 1. The third-order valence-electron chi connectivity index (χ3n) is 6.64. The molecule has 1 aromatic rings. The van der Waals surface area contributed by atoms with E-state index in [0.717, 1.165) is 68.5 Å². The number of hydrogen-bond donors (Lipinski definition) is 1. The van der Waals surface area contributed by atoms with Gasteiger partial charge in [-0.25, -0.2) is 4.98 Å². The highest BCUT2D eigenvalue weighted by atomic mass is 16.5. The Hall–Kier alpha value is -1.69. The van der Waals surface area contributed by atoms with Crippen LogP contribution in [0.15, 0.2) is 9.79 Å². The van der Waals surface area contributed by atoms with Gasteiger partial charge in [0.2, 0.25) is 5.95 Å². The quantitative estimate of drug-likeness (QED) is 0.757. The number of H-pyrrole nitrogens is 1. The molecular weight excluding hydrogens is 364 g/mol. The van der Waals surface area contributed by atoms with Crippen molar-refractivity contribution in [2.75, 3.05) is 31.2 Å². The standard InChI is InChI=1S/C23H36N4O2/c1-3-7-20-21-19(12-16(2)24-20)22(28)26-23(25-21)27(14-18-10-11-29-15-18)13-17-8-5-4-6-9-17/h16-18H,3-15H2,1-2H3,(H,25,26,28). The Balaban J connectivity index is 1.64. The lowest BCUT2D eigenvalue weighted by molar-refractivity contribution is 0.186. The first-order valence-corrected chi connectivity index (χ1v) is 11.7. The van der Waals surface area contributed by atoms with E-state index in [0.29, 0.717) is 18.3 Å². The third-order valence-corrected chi connectivity index (χ3v) is 6.64. The maximum absolute atomic E-state index is 13.0. The predicted octanol–water partition coefficient (Wildman–Crippen LogP) is 3.73. The topological polar surface area (TPSA) is 70.6 Å². The molecule has 4 rings (SSSR count). The van der Waals surface area contributed by atoms with Gasteiger partial charge in [-0.2, -0.15) is 0 Å². The van der Waals surface area contributed by atoms with Gasteiger partial charge >= 0.3 is 0 Å². The Bertz CT molecular complexity index is 776. The third kappa shape index (κ3) is 4.90. The molecule has 2 aliphatic heterocycles. The molecule has 160 valence electrons. The van der Waals surface area contributed by atoms with E-state index in [1.165, 1.54) is 32.1 Å². The fourth-order valence-corrected chi connectivity index (χ4v) is 5.12. The van der Waals surface area contributed by atoms with Crippen molar-refractivity contribution in [3.63, 3.8) is 0 Å². The van der Waals surface area contributed by atoms with Gasteiger partial charge in [0.05, 0.1) is 24.1 Å². The molecule has 0 aromatic carbocycles. The van der Waals surface area contributed by atoms with Gasteiger partial charge in [-0.15, -0.1) is 0 Å². The zero-order valence-corrected chi connectivity index (χ0v) is 18.1. The van der Waals surface area contributed by atoms with Crippen molar-refractivity contribution in [3.05, 3.63) is 21.6 Å². The van der Waals surface area contributed by atoms with Crippen LogP contribution in [-0.2, 0) is 11.2 Å². The highest BCUT2D eigenvalue weighted by molar-refractivity contribution is 6.01. The molecule has 0 radical (unpaired) electrons. The van der Waals surface area contributed by atoms with E-state index in [9.17, 15) is 4.79 Å². The van der Waals surface area contributed by atoms with Crippen molar-refractivity contribution in [2.24, 2.45) is 16.8 Å². The molecule has 1 aliphatic carbocycles. The minimum Gasteiger partial charge on any atom is -0.381 e. The number of ether oxygens (including phenoxy) is 1. The summed E-state index contributed by atoms with van der Waals surface area (Å²) < 4.78 is 5.62. The molecule has 1 aromatic heterocycles. The second kappa shape index (κ2) is 9.41. The van der Waals surface area contributed by atoms with E-state index in [1.54, 1.807) is 0 Å². The molecule has 2 fully saturated rings. The van der Waals surface area contributed by atoms with E-state index < -0.39 is 0 Å². The first kappa shape index (κ1) is 20.6. The SMILES string of the molecule is CCCC1=NC(C)Cc2c1nc(N(CC1CCCCC1)CC1CCOC1)[nH]c2=O. The molecule has 1 saturated carbocycles. The van der Waals surface area contributed by atoms with Gasteiger partial charge in [0, 0.05) is 37.6 Å². The summed E-state index contributed by atoms with van der Waals surface area (Å²) in [6.07, 6.45) is 10.2. The summed E-state index contributed by atoms with van der Waals surface area (Å²) in [5.41, 5.74) is 2.70. The number of nitrogens with zero attached hydrogens (tertiary/aromatic N) is 3. The second-order valence-corrected chi connectivity index (χ2v) is 9.23. The number of aliphatic imine (C=N–C) groups is 1. The highest BCUT2D eigenvalue weighted by Gasteiger charge is 2.27. The van der Waals surface area contributed by atoms with E-state index in [4.69, 9.17) is 14.7 Å². The van der Waals surface area contributed by atoms with Crippen LogP contribution in [-0.4, -0.2) is 48.0 Å². The molecular formula is C23H36N4O2. The molecule has 2 unspecified atom stereocenters. The van der Waals surface area contributed by atoms with Crippen LogP contribution in [0.5, 0.6) is 0 Å². The van der Waals surface area contributed by atoms with Crippen molar-refractivity contribution in [1.29, 1.82) is 0 Å². The molecule has 3 aliphatic rings. The van der Waals surface area contributed by atoms with Crippen molar-refractivity contribution in [3.8, 4) is 0 Å². The lowest BCUT2D eigenvalue weighted by atomic mass is 9.89. The van der Waals surface area contributed by atoms with Crippen molar-refractivity contribution in [2.45, 2.75) is 77.7 Å². The van der Waals surface area contributed by atoms with E-state index in [2.05, 4.69) is 23.7 Å². The van der Waals surface area contributed by atoms with Crippen LogP contribution in [0.3, 0.4) is 0 Å². The van der Waals surface area contributed by atoms with Crippen LogP contribution in [0.25, 0.3) is 0 Å². The summed E-state index contributed by atoms with van der Waals surface area (Å²) in [5.74, 6) is 1.95. The molecule has 0 bridgehead atoms. The minimum absolute atomic E-state index is 0.0247. The van der Waals surface area contributed by atoms with E-state index >= 15 is 0 Å². The number of aromatic nitrogens is 2. The number of rotatable bonds is 7. The van der Waals surface area contributed by atoms with Crippen LogP contribution in [0, 0.1) is 11.8 Å². The van der Waals surface area contributed by atoms with Crippen LogP contribution < -0.4 is 10.5 Å². The molecule has 3 heterocycles. The summed E-state index contributed by atoms with van der Waals surface area (Å²) >= 11 is 0. The van der Waals surface area contributed by atoms with Crippen LogP contribution in [0.4, 0.5) is 5.95 Å². The normalized spacial score (nSPS) is 25.0. The largest absolute Gasteiger partial charge is 0.381 e. The zero-order valence-electron chi connectivity index (χ0n) is 18.1. The Labute approximate surface area is 174 Å². The minimum atomic E-state index is 0.0247. The summed E-state index contributed by atoms with van der Waals surface area (Å²) in [6, 6.07) is 0.159. The average molecular weight is 401 g/mol. The van der Waals surface area contributed by atoms with Crippen LogP contribution in [0.1, 0.15) is 76.5 Å². The lowest BCUT2D eigenvalue weighted by Gasteiger charge is -2.32. The van der Waals surface area contributed by atoms with Crippen LogP contribution >= 0.6 is 0 Å². The molecule has 6 nitrogen and oxygen atoms in total. The van der Waals surface area contributed by atoms with Gasteiger partial charge in [-0.05, 0) is 38.5 Å². The summed E-state index contributed by atoms with van der Waals surface area (Å²) in [4.78, 5) is 28.4. The fraction of sp³-hybridized carbons (Fsp3) is 0.783. The van der Waals surface area contributed by atoms with Gasteiger partial charge in [-0.3, -0.25) is 14.8 Å². The lowest BCUT2D eigenvalue weighted by Crippen LogP contribution is -2.39. The smallest absolute Gasteiger partial charge is 0.256 e. The number of hydrogen-bond acceptors (Lipinski definition) is 5.